The molecule has 118 valence electrons. The highest BCUT2D eigenvalue weighted by molar-refractivity contribution is 5.75. The number of nitrogens with one attached hydrogen (secondary N) is 1. The molecule has 1 rings (SSSR count). The van der Waals surface area contributed by atoms with Crippen LogP contribution in [0.15, 0.2) is 0 Å². The van der Waals surface area contributed by atoms with E-state index in [4.69, 9.17) is 4.74 Å². The fraction of sp³-hybridized carbons (Fsp3) is 0.938. The van der Waals surface area contributed by atoms with Crippen LogP contribution >= 0.6 is 0 Å². The second kappa shape index (κ2) is 8.63. The van der Waals surface area contributed by atoms with Gasteiger partial charge in [0.2, 0.25) is 0 Å². The molecule has 1 heterocycles. The molecule has 1 unspecified atom stereocenters. The van der Waals surface area contributed by atoms with Gasteiger partial charge in [-0.3, -0.25) is 4.79 Å². The lowest BCUT2D eigenvalue weighted by molar-refractivity contribution is -0.145. The first kappa shape index (κ1) is 17.4. The lowest BCUT2D eigenvalue weighted by Crippen LogP contribution is -2.41. The molecule has 1 atom stereocenters. The predicted molar refractivity (Wildman–Crippen MR) is 82.8 cm³/mol. The highest BCUT2D eigenvalue weighted by atomic mass is 16.5. The van der Waals surface area contributed by atoms with Gasteiger partial charge in [-0.25, -0.2) is 0 Å². The second-order valence-corrected chi connectivity index (χ2v) is 6.51. The van der Waals surface area contributed by atoms with Gasteiger partial charge in [0.1, 0.15) is 6.04 Å². The first-order chi connectivity index (χ1) is 9.48. The van der Waals surface area contributed by atoms with Crippen molar-refractivity contribution in [2.45, 2.75) is 59.4 Å². The van der Waals surface area contributed by atoms with Crippen molar-refractivity contribution in [1.82, 2.24) is 10.2 Å². The Morgan fingerprint density at radius 1 is 1.30 bits per heavy atom. The smallest absolute Gasteiger partial charge is 0.323 e. The molecule has 0 aromatic heterocycles. The molecular formula is C16H32N2O2. The summed E-state index contributed by atoms with van der Waals surface area (Å²) in [6.45, 7) is 13.1. The zero-order valence-electron chi connectivity index (χ0n) is 13.7. The summed E-state index contributed by atoms with van der Waals surface area (Å²) in [5.41, 5.74) is 0.469. The Kier molecular flexibility index (Phi) is 7.52. The average Bonchev–Trinajstić information content (AvgIpc) is 2.56. The van der Waals surface area contributed by atoms with E-state index in [2.05, 4.69) is 24.1 Å². The highest BCUT2D eigenvalue weighted by Crippen LogP contribution is 2.29. The molecule has 4 heteroatoms. The minimum Gasteiger partial charge on any atom is -0.465 e. The van der Waals surface area contributed by atoms with Gasteiger partial charge in [-0.15, -0.1) is 0 Å². The molecule has 0 saturated carbocycles. The van der Waals surface area contributed by atoms with E-state index < -0.39 is 0 Å². The molecule has 0 radical (unpaired) electrons. The Hall–Kier alpha value is -0.610. The van der Waals surface area contributed by atoms with Crippen LogP contribution in [-0.2, 0) is 9.53 Å². The molecule has 1 saturated heterocycles. The Labute approximate surface area is 124 Å². The van der Waals surface area contributed by atoms with Gasteiger partial charge >= 0.3 is 5.97 Å². The van der Waals surface area contributed by atoms with Crippen molar-refractivity contribution in [3.05, 3.63) is 0 Å². The van der Waals surface area contributed by atoms with E-state index in [9.17, 15) is 4.79 Å². The van der Waals surface area contributed by atoms with Gasteiger partial charge in [-0.2, -0.15) is 0 Å². The Bertz CT molecular complexity index is 292. The second-order valence-electron chi connectivity index (χ2n) is 6.51. The number of likely N-dealkylation sites (tertiary alicyclic amines) is 1. The SMILES string of the molecule is CCNC(CCN1CCCC(C)(C)CC1)C(=O)OCC. The number of nitrogens with zero attached hydrogens (tertiary/aromatic N) is 1. The van der Waals surface area contributed by atoms with E-state index in [-0.39, 0.29) is 12.0 Å². The molecule has 0 aromatic rings. The Morgan fingerprint density at radius 2 is 2.05 bits per heavy atom. The number of hydrogen-bond donors (Lipinski definition) is 1. The molecule has 0 aromatic carbocycles. The van der Waals surface area contributed by atoms with Crippen LogP contribution in [0.2, 0.25) is 0 Å². The van der Waals surface area contributed by atoms with Crippen LogP contribution in [-0.4, -0.2) is 49.7 Å². The molecule has 20 heavy (non-hydrogen) atoms. The van der Waals surface area contributed by atoms with Gasteiger partial charge in [-0.1, -0.05) is 20.8 Å². The maximum absolute atomic E-state index is 11.9. The third-order valence-corrected chi connectivity index (χ3v) is 4.19. The van der Waals surface area contributed by atoms with Crippen LogP contribution < -0.4 is 5.32 Å². The normalized spacial score (nSPS) is 21.2. The maximum Gasteiger partial charge on any atom is 0.323 e. The van der Waals surface area contributed by atoms with Crippen LogP contribution in [0.1, 0.15) is 53.4 Å². The first-order valence-corrected chi connectivity index (χ1v) is 8.11. The summed E-state index contributed by atoms with van der Waals surface area (Å²) in [7, 11) is 0. The topological polar surface area (TPSA) is 41.6 Å². The van der Waals surface area contributed by atoms with Crippen molar-refractivity contribution in [2.75, 3.05) is 32.8 Å². The van der Waals surface area contributed by atoms with Crippen LogP contribution in [0.3, 0.4) is 0 Å². The van der Waals surface area contributed by atoms with Crippen molar-refractivity contribution >= 4 is 5.97 Å². The average molecular weight is 284 g/mol. The summed E-state index contributed by atoms with van der Waals surface area (Å²) in [4.78, 5) is 14.4. The number of rotatable bonds is 7. The summed E-state index contributed by atoms with van der Waals surface area (Å²) in [6.07, 6.45) is 4.65. The standard InChI is InChI=1S/C16H32N2O2/c1-5-17-14(15(19)20-6-2)8-12-18-11-7-9-16(3,4)10-13-18/h14,17H,5-13H2,1-4H3. The van der Waals surface area contributed by atoms with Crippen molar-refractivity contribution in [3.63, 3.8) is 0 Å². The minimum atomic E-state index is -0.156. The predicted octanol–water partition coefficient (Wildman–Crippen LogP) is 2.43. The zero-order valence-corrected chi connectivity index (χ0v) is 13.7. The van der Waals surface area contributed by atoms with E-state index in [1.165, 1.54) is 19.3 Å². The largest absolute Gasteiger partial charge is 0.465 e. The zero-order chi connectivity index (χ0) is 15.0. The summed E-state index contributed by atoms with van der Waals surface area (Å²) in [5.74, 6) is -0.107. The molecule has 1 aliphatic rings. The molecule has 0 aliphatic carbocycles. The third-order valence-electron chi connectivity index (χ3n) is 4.19. The van der Waals surface area contributed by atoms with E-state index in [0.717, 1.165) is 32.6 Å². The quantitative estimate of drug-likeness (QED) is 0.729. The summed E-state index contributed by atoms with van der Waals surface area (Å²) < 4.78 is 5.13. The van der Waals surface area contributed by atoms with Crippen LogP contribution in [0.25, 0.3) is 0 Å². The van der Waals surface area contributed by atoms with Gasteiger partial charge in [0, 0.05) is 6.54 Å². The first-order valence-electron chi connectivity index (χ1n) is 8.11. The van der Waals surface area contributed by atoms with Crippen molar-refractivity contribution in [3.8, 4) is 0 Å². The number of hydrogen-bond acceptors (Lipinski definition) is 4. The fourth-order valence-corrected chi connectivity index (χ4v) is 2.81. The van der Waals surface area contributed by atoms with Crippen LogP contribution in [0, 0.1) is 5.41 Å². The van der Waals surface area contributed by atoms with Crippen molar-refractivity contribution < 1.29 is 9.53 Å². The number of ether oxygens (including phenoxy) is 1. The number of carbonyl (C=O) groups is 1. The van der Waals surface area contributed by atoms with Gasteiger partial charge in [0.25, 0.3) is 0 Å². The van der Waals surface area contributed by atoms with Crippen molar-refractivity contribution in [1.29, 1.82) is 0 Å². The van der Waals surface area contributed by atoms with Crippen LogP contribution in [0.5, 0.6) is 0 Å². The minimum absolute atomic E-state index is 0.107. The van der Waals surface area contributed by atoms with E-state index in [1.807, 2.05) is 13.8 Å². The number of likely N-dealkylation sites (N-methyl/N-ethyl adjacent to an activating group) is 1. The van der Waals surface area contributed by atoms with E-state index in [1.54, 1.807) is 0 Å². The number of esters is 1. The van der Waals surface area contributed by atoms with E-state index in [0.29, 0.717) is 12.0 Å². The molecule has 4 nitrogen and oxygen atoms in total. The Morgan fingerprint density at radius 3 is 2.70 bits per heavy atom. The van der Waals surface area contributed by atoms with Crippen molar-refractivity contribution in [2.24, 2.45) is 5.41 Å². The maximum atomic E-state index is 11.9. The lowest BCUT2D eigenvalue weighted by Gasteiger charge is -2.24. The molecule has 0 bridgehead atoms. The fourth-order valence-electron chi connectivity index (χ4n) is 2.81. The molecule has 1 aliphatic heterocycles. The monoisotopic (exact) mass is 284 g/mol. The van der Waals surface area contributed by atoms with Crippen LogP contribution in [0.4, 0.5) is 0 Å². The highest BCUT2D eigenvalue weighted by Gasteiger charge is 2.24. The molecule has 0 amide bonds. The molecule has 0 spiro atoms. The summed E-state index contributed by atoms with van der Waals surface area (Å²) in [6, 6.07) is -0.156. The third kappa shape index (κ3) is 6.23. The van der Waals surface area contributed by atoms with E-state index >= 15 is 0 Å². The van der Waals surface area contributed by atoms with Gasteiger partial charge in [0.15, 0.2) is 0 Å². The summed E-state index contributed by atoms with van der Waals surface area (Å²) >= 11 is 0. The number of carbonyl (C=O) groups excluding carboxylic acids is 1. The molecule has 1 N–H and O–H groups in total. The lowest BCUT2D eigenvalue weighted by atomic mass is 9.85. The van der Waals surface area contributed by atoms with Gasteiger partial charge in [-0.05, 0) is 57.7 Å². The van der Waals surface area contributed by atoms with Gasteiger partial charge in [0.05, 0.1) is 6.61 Å². The molecular weight excluding hydrogens is 252 g/mol. The summed E-state index contributed by atoms with van der Waals surface area (Å²) in [5, 5.41) is 3.24. The molecule has 1 fully saturated rings. The Balaban J connectivity index is 2.40. The van der Waals surface area contributed by atoms with Gasteiger partial charge < -0.3 is 15.0 Å².